The van der Waals surface area contributed by atoms with Crippen LogP contribution in [-0.2, 0) is 11.8 Å². The monoisotopic (exact) mass is 408 g/mol. The molecule has 7 nitrogen and oxygen atoms in total. The van der Waals surface area contributed by atoms with E-state index in [1.807, 2.05) is 11.1 Å². The van der Waals surface area contributed by atoms with Crippen LogP contribution < -0.4 is 4.74 Å². The number of aromatic nitrogens is 2. The number of alkyl halides is 3. The number of hydrogen-bond acceptors (Lipinski definition) is 6. The number of aliphatic imine (C=N–C) groups is 1. The molecule has 154 valence electrons. The molecule has 0 radical (unpaired) electrons. The van der Waals surface area contributed by atoms with Crippen LogP contribution in [0.15, 0.2) is 47.7 Å². The van der Waals surface area contributed by atoms with Gasteiger partial charge in [-0.3, -0.25) is 9.67 Å². The fourth-order valence-corrected chi connectivity index (χ4v) is 3.53. The van der Waals surface area contributed by atoms with Crippen molar-refractivity contribution < 1.29 is 27.8 Å². The highest BCUT2D eigenvalue weighted by Gasteiger charge is 2.39. The number of halogens is 3. The highest BCUT2D eigenvalue weighted by Crippen LogP contribution is 2.38. The molecule has 4 rings (SSSR count). The number of rotatable bonds is 4. The van der Waals surface area contributed by atoms with Crippen LogP contribution in [0.25, 0.3) is 5.70 Å². The summed E-state index contributed by atoms with van der Waals surface area (Å²) in [6.07, 6.45) is 1.01. The number of allylic oxidation sites excluding steroid dienone is 1. The van der Waals surface area contributed by atoms with Crippen LogP contribution in [0, 0.1) is 0 Å². The zero-order valence-electron chi connectivity index (χ0n) is 15.5. The minimum atomic E-state index is -4.75. The Balaban J connectivity index is 1.68. The number of nitrogens with zero attached hydrogens (tertiary/aromatic N) is 4. The molecule has 0 aliphatic carbocycles. The zero-order valence-corrected chi connectivity index (χ0v) is 15.5. The average Bonchev–Trinajstić information content (AvgIpc) is 3.28. The summed E-state index contributed by atoms with van der Waals surface area (Å²) in [5, 5.41) is 14.6. The maximum atomic E-state index is 12.4. The van der Waals surface area contributed by atoms with E-state index >= 15 is 0 Å². The second-order valence-electron chi connectivity index (χ2n) is 6.82. The van der Waals surface area contributed by atoms with E-state index in [1.165, 1.54) is 12.1 Å². The molecule has 0 amide bonds. The maximum Gasteiger partial charge on any atom is 0.573 e. The molecule has 1 fully saturated rings. The second-order valence-corrected chi connectivity index (χ2v) is 6.82. The highest BCUT2D eigenvalue weighted by atomic mass is 19.4. The molecular weight excluding hydrogens is 389 g/mol. The standard InChI is InChI=1S/C19H19F3N4O3/c1-25-9-13(8-24-25)18-23-7-6-15(26(18)16-10-28-11-17(16)27)12-2-4-14(5-3-12)29-19(20,21)22/h2-9,16-18,27H,10-11H2,1H3/t16-,17+,18?/m0/s1. The van der Waals surface area contributed by atoms with Crippen molar-refractivity contribution in [3.05, 3.63) is 53.9 Å². The molecule has 2 aliphatic rings. The fourth-order valence-electron chi connectivity index (χ4n) is 3.53. The molecule has 1 aromatic heterocycles. The third-order valence-corrected chi connectivity index (χ3v) is 4.79. The first-order valence-corrected chi connectivity index (χ1v) is 8.94. The second kappa shape index (κ2) is 7.53. The first-order chi connectivity index (χ1) is 13.8. The summed E-state index contributed by atoms with van der Waals surface area (Å²) in [4.78, 5) is 6.47. The van der Waals surface area contributed by atoms with E-state index in [0.29, 0.717) is 17.9 Å². The number of ether oxygens (including phenoxy) is 2. The molecule has 2 aliphatic heterocycles. The summed E-state index contributed by atoms with van der Waals surface area (Å²) in [5.41, 5.74) is 2.20. The van der Waals surface area contributed by atoms with Gasteiger partial charge in [0.05, 0.1) is 31.6 Å². The van der Waals surface area contributed by atoms with Crippen molar-refractivity contribution in [1.29, 1.82) is 0 Å². The van der Waals surface area contributed by atoms with Gasteiger partial charge in [0, 0.05) is 30.7 Å². The van der Waals surface area contributed by atoms with Crippen molar-refractivity contribution in [2.45, 2.75) is 24.7 Å². The Morgan fingerprint density at radius 1 is 1.21 bits per heavy atom. The Hall–Kier alpha value is -2.85. The summed E-state index contributed by atoms with van der Waals surface area (Å²) in [5.74, 6) is -0.300. The van der Waals surface area contributed by atoms with Crippen molar-refractivity contribution in [2.75, 3.05) is 13.2 Å². The van der Waals surface area contributed by atoms with Gasteiger partial charge in [0.2, 0.25) is 0 Å². The minimum Gasteiger partial charge on any atom is -0.406 e. The molecule has 0 saturated carbocycles. The van der Waals surface area contributed by atoms with Crippen LogP contribution in [0.2, 0.25) is 0 Å². The van der Waals surface area contributed by atoms with Gasteiger partial charge in [-0.2, -0.15) is 5.10 Å². The van der Waals surface area contributed by atoms with Crippen LogP contribution >= 0.6 is 0 Å². The molecule has 3 heterocycles. The van der Waals surface area contributed by atoms with Crippen LogP contribution in [0.1, 0.15) is 17.3 Å². The Bertz CT molecular complexity index is 924. The first kappa shape index (κ1) is 19.5. The van der Waals surface area contributed by atoms with Gasteiger partial charge in [0.1, 0.15) is 5.75 Å². The van der Waals surface area contributed by atoms with Gasteiger partial charge in [0.25, 0.3) is 0 Å². The van der Waals surface area contributed by atoms with Crippen molar-refractivity contribution in [1.82, 2.24) is 14.7 Å². The van der Waals surface area contributed by atoms with Crippen LogP contribution in [-0.4, -0.2) is 57.7 Å². The summed E-state index contributed by atoms with van der Waals surface area (Å²) in [6.45, 7) is 0.510. The Morgan fingerprint density at radius 3 is 2.55 bits per heavy atom. The van der Waals surface area contributed by atoms with E-state index in [0.717, 1.165) is 5.56 Å². The van der Waals surface area contributed by atoms with Crippen molar-refractivity contribution >= 4 is 11.9 Å². The average molecular weight is 408 g/mol. The Morgan fingerprint density at radius 2 is 1.97 bits per heavy atom. The fraction of sp³-hybridized carbons (Fsp3) is 0.368. The number of aryl methyl sites for hydroxylation is 1. The van der Waals surface area contributed by atoms with E-state index in [9.17, 15) is 18.3 Å². The van der Waals surface area contributed by atoms with E-state index in [4.69, 9.17) is 4.74 Å². The topological polar surface area (TPSA) is 72.1 Å². The van der Waals surface area contributed by atoms with Crippen molar-refractivity contribution in [2.24, 2.45) is 12.0 Å². The van der Waals surface area contributed by atoms with Gasteiger partial charge < -0.3 is 19.5 Å². The normalized spacial score (nSPS) is 24.7. The quantitative estimate of drug-likeness (QED) is 0.842. The summed E-state index contributed by atoms with van der Waals surface area (Å²) < 4.78 is 48.4. The van der Waals surface area contributed by atoms with E-state index in [1.54, 1.807) is 42.3 Å². The minimum absolute atomic E-state index is 0.205. The summed E-state index contributed by atoms with van der Waals surface area (Å²) >= 11 is 0. The zero-order chi connectivity index (χ0) is 20.6. The molecule has 1 saturated heterocycles. The van der Waals surface area contributed by atoms with Gasteiger partial charge in [-0.15, -0.1) is 13.2 Å². The highest BCUT2D eigenvalue weighted by molar-refractivity contribution is 5.86. The van der Waals surface area contributed by atoms with Crippen LogP contribution in [0.5, 0.6) is 5.75 Å². The largest absolute Gasteiger partial charge is 0.573 e. The SMILES string of the molecule is Cn1cc(C2N=CC=C(c3ccc(OC(F)(F)F)cc3)N2[C@H]2COC[C@H]2O)cn1. The number of aliphatic hydroxyl groups is 1. The molecular formula is C19H19F3N4O3. The molecule has 3 atom stereocenters. The predicted molar refractivity (Wildman–Crippen MR) is 98.0 cm³/mol. The third-order valence-electron chi connectivity index (χ3n) is 4.79. The van der Waals surface area contributed by atoms with Gasteiger partial charge in [0.15, 0.2) is 6.17 Å². The van der Waals surface area contributed by atoms with Gasteiger partial charge in [-0.05, 0) is 35.9 Å². The van der Waals surface area contributed by atoms with E-state index in [-0.39, 0.29) is 18.4 Å². The predicted octanol–water partition coefficient (Wildman–Crippen LogP) is 2.50. The van der Waals surface area contributed by atoms with Gasteiger partial charge >= 0.3 is 6.36 Å². The van der Waals surface area contributed by atoms with E-state index in [2.05, 4.69) is 14.8 Å². The molecule has 1 aromatic carbocycles. The lowest BCUT2D eigenvalue weighted by Crippen LogP contribution is -2.44. The molecule has 1 N–H and O–H groups in total. The lowest BCUT2D eigenvalue weighted by Gasteiger charge is -2.39. The first-order valence-electron chi connectivity index (χ1n) is 8.94. The van der Waals surface area contributed by atoms with E-state index < -0.39 is 18.6 Å². The Kier molecular flexibility index (Phi) is 5.05. The smallest absolute Gasteiger partial charge is 0.406 e. The number of aliphatic hydroxyl groups excluding tert-OH is 1. The van der Waals surface area contributed by atoms with Crippen molar-refractivity contribution in [3.8, 4) is 5.75 Å². The summed E-state index contributed by atoms with van der Waals surface area (Å²) in [6, 6.07) is 5.24. The third kappa shape index (κ3) is 4.13. The Labute approximate surface area is 164 Å². The lowest BCUT2D eigenvalue weighted by molar-refractivity contribution is -0.274. The number of benzene rings is 1. The summed E-state index contributed by atoms with van der Waals surface area (Å²) in [7, 11) is 1.80. The van der Waals surface area contributed by atoms with Crippen LogP contribution in [0.4, 0.5) is 13.2 Å². The number of hydrogen-bond donors (Lipinski definition) is 1. The lowest BCUT2D eigenvalue weighted by atomic mass is 10.0. The molecule has 10 heteroatoms. The van der Waals surface area contributed by atoms with Gasteiger partial charge in [-0.1, -0.05) is 0 Å². The molecule has 0 bridgehead atoms. The molecule has 29 heavy (non-hydrogen) atoms. The van der Waals surface area contributed by atoms with Gasteiger partial charge in [-0.25, -0.2) is 0 Å². The molecule has 0 spiro atoms. The molecule has 1 unspecified atom stereocenters. The molecule has 2 aromatic rings. The maximum absolute atomic E-state index is 12.4. The van der Waals surface area contributed by atoms with Crippen molar-refractivity contribution in [3.63, 3.8) is 0 Å². The van der Waals surface area contributed by atoms with Crippen LogP contribution in [0.3, 0.4) is 0 Å².